The van der Waals surface area contributed by atoms with Crippen molar-refractivity contribution in [1.82, 2.24) is 0 Å². The molecule has 0 amide bonds. The Morgan fingerprint density at radius 3 is 2.33 bits per heavy atom. The Morgan fingerprint density at radius 2 is 1.78 bits per heavy atom. The van der Waals surface area contributed by atoms with Crippen molar-refractivity contribution in [1.29, 1.82) is 10.7 Å². The monoisotopic (exact) mass is 384 g/mol. The molecule has 0 saturated carbocycles. The van der Waals surface area contributed by atoms with Crippen LogP contribution in [-0.2, 0) is 16.1 Å². The first kappa shape index (κ1) is 20.1. The number of nitrogens with one attached hydrogen (secondary N) is 1. The van der Waals surface area contributed by atoms with Gasteiger partial charge in [0.25, 0.3) is 0 Å². The van der Waals surface area contributed by atoms with Gasteiger partial charge in [-0.2, -0.15) is 5.26 Å². The van der Waals surface area contributed by atoms with E-state index in [1.54, 1.807) is 54.6 Å². The van der Waals surface area contributed by atoms with Gasteiger partial charge in [-0.3, -0.25) is 4.79 Å². The summed E-state index contributed by atoms with van der Waals surface area (Å²) in [5, 5.41) is 16.8. The Labute approximate surface area is 161 Å². The summed E-state index contributed by atoms with van der Waals surface area (Å²) < 4.78 is 10.5. The van der Waals surface area contributed by atoms with E-state index >= 15 is 0 Å². The largest absolute Gasteiger partial charge is 0.489 e. The lowest BCUT2D eigenvalue weighted by atomic mass is 10.0. The van der Waals surface area contributed by atoms with Crippen LogP contribution in [0.15, 0.2) is 48.5 Å². The van der Waals surface area contributed by atoms with Gasteiger partial charge in [-0.1, -0.05) is 23.7 Å². The van der Waals surface area contributed by atoms with Gasteiger partial charge in [-0.15, -0.1) is 0 Å². The second-order valence-electron chi connectivity index (χ2n) is 5.73. The zero-order valence-corrected chi connectivity index (χ0v) is 15.3. The maximum absolute atomic E-state index is 12.0. The number of halogens is 1. The van der Waals surface area contributed by atoms with Gasteiger partial charge in [0.1, 0.15) is 18.3 Å². The number of ether oxygens (including phenoxy) is 2. The Hall–Kier alpha value is -3.17. The fourth-order valence-corrected chi connectivity index (χ4v) is 2.27. The van der Waals surface area contributed by atoms with Crippen LogP contribution in [0.3, 0.4) is 0 Å². The lowest BCUT2D eigenvalue weighted by Gasteiger charge is -2.09. The molecule has 1 unspecified atom stereocenters. The summed E-state index contributed by atoms with van der Waals surface area (Å²) in [4.78, 5) is 23.8. The quantitative estimate of drug-likeness (QED) is 0.550. The second-order valence-corrected chi connectivity index (χ2v) is 6.16. The van der Waals surface area contributed by atoms with Crippen molar-refractivity contribution in [3.8, 4) is 11.8 Å². The SMILES string of the molecule is CC(=N)C(C#N)C(=O)COC(=O)c1ccc(COc2ccc(Cl)cc2)cc1. The molecule has 1 atom stereocenters. The number of Topliss-reactive ketones (excluding diaryl/α,β-unsaturated/α-hetero) is 1. The Kier molecular flexibility index (Phi) is 7.09. The smallest absolute Gasteiger partial charge is 0.338 e. The Morgan fingerprint density at radius 1 is 1.15 bits per heavy atom. The maximum Gasteiger partial charge on any atom is 0.338 e. The number of benzene rings is 2. The number of ketones is 1. The fourth-order valence-electron chi connectivity index (χ4n) is 2.15. The van der Waals surface area contributed by atoms with Crippen LogP contribution in [0.2, 0.25) is 5.02 Å². The third kappa shape index (κ3) is 5.94. The predicted molar refractivity (Wildman–Crippen MR) is 100 cm³/mol. The summed E-state index contributed by atoms with van der Waals surface area (Å²) in [6.07, 6.45) is 0. The molecule has 0 spiro atoms. The lowest BCUT2D eigenvalue weighted by molar-refractivity contribution is -0.122. The zero-order chi connectivity index (χ0) is 19.8. The average molecular weight is 385 g/mol. The first-order chi connectivity index (χ1) is 12.9. The average Bonchev–Trinajstić information content (AvgIpc) is 2.66. The molecule has 27 heavy (non-hydrogen) atoms. The number of nitriles is 1. The topological polar surface area (TPSA) is 100 Å². The molecule has 6 nitrogen and oxygen atoms in total. The molecule has 0 fully saturated rings. The molecule has 2 aromatic rings. The molecule has 2 aromatic carbocycles. The van der Waals surface area contributed by atoms with E-state index in [-0.39, 0.29) is 11.3 Å². The minimum atomic E-state index is -1.19. The van der Waals surface area contributed by atoms with E-state index in [1.165, 1.54) is 6.92 Å². The van der Waals surface area contributed by atoms with Gasteiger partial charge in [0.15, 0.2) is 12.4 Å². The van der Waals surface area contributed by atoms with E-state index in [2.05, 4.69) is 0 Å². The van der Waals surface area contributed by atoms with Crippen molar-refractivity contribution in [2.24, 2.45) is 5.92 Å². The molecular weight excluding hydrogens is 368 g/mol. The van der Waals surface area contributed by atoms with E-state index in [1.807, 2.05) is 0 Å². The molecule has 0 aliphatic rings. The van der Waals surface area contributed by atoms with Crippen LogP contribution >= 0.6 is 11.6 Å². The highest BCUT2D eigenvalue weighted by Crippen LogP contribution is 2.17. The Bertz CT molecular complexity index is 870. The van der Waals surface area contributed by atoms with Gasteiger partial charge in [0.05, 0.1) is 11.6 Å². The molecule has 0 radical (unpaired) electrons. The van der Waals surface area contributed by atoms with E-state index in [0.29, 0.717) is 17.4 Å². The predicted octanol–water partition coefficient (Wildman–Crippen LogP) is 3.82. The van der Waals surface area contributed by atoms with Gasteiger partial charge in [0.2, 0.25) is 0 Å². The van der Waals surface area contributed by atoms with Crippen LogP contribution in [-0.4, -0.2) is 24.1 Å². The van der Waals surface area contributed by atoms with Crippen molar-refractivity contribution in [3.63, 3.8) is 0 Å². The summed E-state index contributed by atoms with van der Waals surface area (Å²) in [7, 11) is 0. The van der Waals surface area contributed by atoms with E-state index in [0.717, 1.165) is 5.56 Å². The molecule has 0 aliphatic heterocycles. The van der Waals surface area contributed by atoms with Gasteiger partial charge in [-0.25, -0.2) is 4.79 Å². The first-order valence-corrected chi connectivity index (χ1v) is 8.40. The molecule has 0 aromatic heterocycles. The highest BCUT2D eigenvalue weighted by Gasteiger charge is 2.21. The molecule has 0 saturated heterocycles. The molecule has 1 N–H and O–H groups in total. The molecular formula is C20H17ClN2O4. The van der Waals surface area contributed by atoms with Crippen LogP contribution in [0.5, 0.6) is 5.75 Å². The van der Waals surface area contributed by atoms with Crippen molar-refractivity contribution in [2.45, 2.75) is 13.5 Å². The van der Waals surface area contributed by atoms with Crippen molar-refractivity contribution < 1.29 is 19.1 Å². The van der Waals surface area contributed by atoms with Crippen molar-refractivity contribution >= 4 is 29.1 Å². The summed E-state index contributed by atoms with van der Waals surface area (Å²) in [6.45, 7) is 1.13. The normalized spacial score (nSPS) is 11.1. The summed E-state index contributed by atoms with van der Waals surface area (Å²) in [5.74, 6) is -1.81. The van der Waals surface area contributed by atoms with Crippen molar-refractivity contribution in [2.75, 3.05) is 6.61 Å². The van der Waals surface area contributed by atoms with Crippen LogP contribution in [0.4, 0.5) is 0 Å². The minimum absolute atomic E-state index is 0.0800. The van der Waals surface area contributed by atoms with Gasteiger partial charge < -0.3 is 14.9 Å². The second kappa shape index (κ2) is 9.51. The van der Waals surface area contributed by atoms with Crippen LogP contribution in [0.25, 0.3) is 0 Å². The van der Waals surface area contributed by atoms with E-state index in [4.69, 9.17) is 31.7 Å². The van der Waals surface area contributed by atoms with Gasteiger partial charge >= 0.3 is 5.97 Å². The molecule has 0 bridgehead atoms. The van der Waals surface area contributed by atoms with Crippen molar-refractivity contribution in [3.05, 3.63) is 64.7 Å². The first-order valence-electron chi connectivity index (χ1n) is 8.02. The standard InChI is InChI=1S/C20H17ClN2O4/c1-13(23)18(10-22)19(24)12-27-20(25)15-4-2-14(3-5-15)11-26-17-8-6-16(21)7-9-17/h2-9,18,23H,11-12H2,1H3. The van der Waals surface area contributed by atoms with Crippen LogP contribution in [0, 0.1) is 22.7 Å². The third-order valence-electron chi connectivity index (χ3n) is 3.64. The number of hydrogen-bond acceptors (Lipinski definition) is 6. The van der Waals surface area contributed by atoms with Crippen LogP contribution < -0.4 is 4.74 Å². The molecule has 0 heterocycles. The van der Waals surface area contributed by atoms with E-state index in [9.17, 15) is 9.59 Å². The third-order valence-corrected chi connectivity index (χ3v) is 3.89. The molecule has 0 aliphatic carbocycles. The summed E-state index contributed by atoms with van der Waals surface area (Å²) in [5.41, 5.74) is 1.04. The zero-order valence-electron chi connectivity index (χ0n) is 14.6. The van der Waals surface area contributed by atoms with Gasteiger partial charge in [0, 0.05) is 10.7 Å². The highest BCUT2D eigenvalue weighted by molar-refractivity contribution is 6.30. The summed E-state index contributed by atoms with van der Waals surface area (Å²) >= 11 is 5.82. The number of nitrogens with zero attached hydrogens (tertiary/aromatic N) is 1. The van der Waals surface area contributed by atoms with Crippen LogP contribution in [0.1, 0.15) is 22.8 Å². The molecule has 138 valence electrons. The molecule has 7 heteroatoms. The lowest BCUT2D eigenvalue weighted by Crippen LogP contribution is -2.25. The number of rotatable bonds is 8. The highest BCUT2D eigenvalue weighted by atomic mass is 35.5. The maximum atomic E-state index is 12.0. The number of hydrogen-bond donors (Lipinski definition) is 1. The minimum Gasteiger partial charge on any atom is -0.489 e. The molecule has 2 rings (SSSR count). The number of esters is 1. The summed E-state index contributed by atoms with van der Waals surface area (Å²) in [6, 6.07) is 15.3. The van der Waals surface area contributed by atoms with Gasteiger partial charge in [-0.05, 0) is 48.9 Å². The number of carbonyl (C=O) groups excluding carboxylic acids is 2. The Balaban J connectivity index is 1.87. The van der Waals surface area contributed by atoms with E-state index < -0.39 is 24.3 Å². The fraction of sp³-hybridized carbons (Fsp3) is 0.200. The number of carbonyl (C=O) groups is 2.